The molecule has 1 aromatic heterocycles. The van der Waals surface area contributed by atoms with Crippen LogP contribution in [-0.4, -0.2) is 5.78 Å². The van der Waals surface area contributed by atoms with E-state index in [1.807, 2.05) is 66.7 Å². The first kappa shape index (κ1) is 19.4. The topological polar surface area (TPSA) is 30.2 Å². The van der Waals surface area contributed by atoms with Gasteiger partial charge >= 0.3 is 0 Å². The van der Waals surface area contributed by atoms with Crippen LogP contribution in [0.2, 0.25) is 0 Å². The van der Waals surface area contributed by atoms with Crippen LogP contribution in [0.5, 0.6) is 0 Å². The van der Waals surface area contributed by atoms with Gasteiger partial charge in [-0.15, -0.1) is 0 Å². The first-order chi connectivity index (χ1) is 13.5. The summed E-state index contributed by atoms with van der Waals surface area (Å²) in [6.45, 7) is 0. The molecule has 0 atom stereocenters. The maximum Gasteiger partial charge on any atom is 0.228 e. The lowest BCUT2D eigenvalue weighted by Crippen LogP contribution is -2.01. The van der Waals surface area contributed by atoms with Crippen molar-refractivity contribution < 1.29 is 9.21 Å². The third kappa shape index (κ3) is 4.07. The standard InChI is InChI=1S/C23H13Br3O2/c24-17-9-7-14(8-10-17)20-13-21(15-3-1-5-18(25)11-15)28-23(20)22(27)16-4-2-6-19(26)12-16/h1-13H. The number of hydrogen-bond acceptors (Lipinski definition) is 2. The van der Waals surface area contributed by atoms with Crippen molar-refractivity contribution in [2.75, 3.05) is 0 Å². The highest BCUT2D eigenvalue weighted by Crippen LogP contribution is 2.35. The molecule has 0 bridgehead atoms. The van der Waals surface area contributed by atoms with Gasteiger partial charge in [0, 0.05) is 30.1 Å². The Morgan fingerprint density at radius 2 is 1.36 bits per heavy atom. The van der Waals surface area contributed by atoms with Crippen molar-refractivity contribution in [2.24, 2.45) is 0 Å². The van der Waals surface area contributed by atoms with Crippen molar-refractivity contribution in [1.82, 2.24) is 0 Å². The van der Waals surface area contributed by atoms with Gasteiger partial charge in [-0.25, -0.2) is 0 Å². The van der Waals surface area contributed by atoms with Gasteiger partial charge in [0.2, 0.25) is 5.78 Å². The van der Waals surface area contributed by atoms with Crippen LogP contribution in [0.15, 0.2) is 96.7 Å². The average Bonchev–Trinajstić information content (AvgIpc) is 3.13. The first-order valence-electron chi connectivity index (χ1n) is 8.47. The summed E-state index contributed by atoms with van der Waals surface area (Å²) < 4.78 is 8.88. The van der Waals surface area contributed by atoms with Crippen molar-refractivity contribution in [3.63, 3.8) is 0 Å². The van der Waals surface area contributed by atoms with Gasteiger partial charge in [0.05, 0.1) is 0 Å². The lowest BCUT2D eigenvalue weighted by molar-refractivity contribution is 0.101. The first-order valence-corrected chi connectivity index (χ1v) is 10.8. The quantitative estimate of drug-likeness (QED) is 0.236. The molecule has 0 fully saturated rings. The molecule has 28 heavy (non-hydrogen) atoms. The van der Waals surface area contributed by atoms with Gasteiger partial charge < -0.3 is 4.42 Å². The minimum Gasteiger partial charge on any atom is -0.452 e. The molecule has 0 saturated heterocycles. The Bertz CT molecular complexity index is 1160. The molecule has 0 N–H and O–H groups in total. The highest BCUT2D eigenvalue weighted by Gasteiger charge is 2.22. The van der Waals surface area contributed by atoms with E-state index in [-0.39, 0.29) is 5.78 Å². The lowest BCUT2D eigenvalue weighted by Gasteiger charge is -2.03. The minimum atomic E-state index is -0.152. The second-order valence-electron chi connectivity index (χ2n) is 6.21. The van der Waals surface area contributed by atoms with E-state index in [1.54, 1.807) is 12.1 Å². The summed E-state index contributed by atoms with van der Waals surface area (Å²) >= 11 is 10.4. The molecule has 0 unspecified atom stereocenters. The predicted octanol–water partition coefficient (Wildman–Crippen LogP) is 8.13. The Morgan fingerprint density at radius 3 is 2.04 bits per heavy atom. The Balaban J connectivity index is 1.88. The van der Waals surface area contributed by atoms with Crippen molar-refractivity contribution in [3.8, 4) is 22.5 Å². The van der Waals surface area contributed by atoms with E-state index in [4.69, 9.17) is 4.42 Å². The van der Waals surface area contributed by atoms with Gasteiger partial charge in [-0.1, -0.05) is 84.2 Å². The Hall–Kier alpha value is -1.95. The molecule has 2 nitrogen and oxygen atoms in total. The van der Waals surface area contributed by atoms with Gasteiger partial charge in [0.15, 0.2) is 5.76 Å². The molecule has 0 saturated carbocycles. The van der Waals surface area contributed by atoms with Crippen LogP contribution in [0, 0.1) is 0 Å². The number of halogens is 3. The highest BCUT2D eigenvalue weighted by molar-refractivity contribution is 9.11. The largest absolute Gasteiger partial charge is 0.452 e. The van der Waals surface area contributed by atoms with Crippen LogP contribution in [0.4, 0.5) is 0 Å². The molecule has 1 heterocycles. The van der Waals surface area contributed by atoms with Gasteiger partial charge in [0.25, 0.3) is 0 Å². The maximum atomic E-state index is 13.2. The zero-order chi connectivity index (χ0) is 19.7. The fourth-order valence-corrected chi connectivity index (χ4v) is 4.01. The SMILES string of the molecule is O=C(c1cccc(Br)c1)c1oc(-c2cccc(Br)c2)cc1-c1ccc(Br)cc1. The van der Waals surface area contributed by atoms with E-state index in [0.717, 1.165) is 30.1 Å². The molecular weight excluding hydrogens is 548 g/mol. The summed E-state index contributed by atoms with van der Waals surface area (Å²) in [6, 6.07) is 24.9. The lowest BCUT2D eigenvalue weighted by atomic mass is 10.0. The molecule has 138 valence electrons. The number of furan rings is 1. The molecule has 0 spiro atoms. The number of carbonyl (C=O) groups excluding carboxylic acids is 1. The predicted molar refractivity (Wildman–Crippen MR) is 123 cm³/mol. The number of ketones is 1. The zero-order valence-electron chi connectivity index (χ0n) is 14.5. The summed E-state index contributed by atoms with van der Waals surface area (Å²) in [5.74, 6) is 0.827. The summed E-state index contributed by atoms with van der Waals surface area (Å²) in [5, 5.41) is 0. The van der Waals surface area contributed by atoms with Gasteiger partial charge in [-0.2, -0.15) is 0 Å². The number of hydrogen-bond donors (Lipinski definition) is 0. The van der Waals surface area contributed by atoms with Crippen molar-refractivity contribution >= 4 is 53.6 Å². The average molecular weight is 561 g/mol. The van der Waals surface area contributed by atoms with Gasteiger partial charge in [0.1, 0.15) is 5.76 Å². The van der Waals surface area contributed by atoms with Crippen LogP contribution in [-0.2, 0) is 0 Å². The van der Waals surface area contributed by atoms with Gasteiger partial charge in [-0.3, -0.25) is 4.79 Å². The Morgan fingerprint density at radius 1 is 0.679 bits per heavy atom. The van der Waals surface area contributed by atoms with Crippen LogP contribution >= 0.6 is 47.8 Å². The summed E-state index contributed by atoms with van der Waals surface area (Å²) in [4.78, 5) is 13.2. The third-order valence-electron chi connectivity index (χ3n) is 4.29. The molecule has 0 aliphatic rings. The Labute approximate surface area is 188 Å². The molecule has 0 aliphatic heterocycles. The third-order valence-corrected chi connectivity index (χ3v) is 5.80. The van der Waals surface area contributed by atoms with Crippen molar-refractivity contribution in [3.05, 3.63) is 104 Å². The number of rotatable bonds is 4. The smallest absolute Gasteiger partial charge is 0.228 e. The number of carbonyl (C=O) groups is 1. The summed E-state index contributed by atoms with van der Waals surface area (Å²) in [5.41, 5.74) is 3.17. The second kappa shape index (κ2) is 8.19. The molecule has 5 heteroatoms. The molecule has 0 amide bonds. The molecule has 4 aromatic rings. The van der Waals surface area contributed by atoms with E-state index in [9.17, 15) is 4.79 Å². The fraction of sp³-hybridized carbons (Fsp3) is 0. The second-order valence-corrected chi connectivity index (χ2v) is 8.96. The fourth-order valence-electron chi connectivity index (χ4n) is 2.95. The van der Waals surface area contributed by atoms with Crippen LogP contribution in [0.3, 0.4) is 0 Å². The molecule has 0 radical (unpaired) electrons. The van der Waals surface area contributed by atoms with E-state index in [0.29, 0.717) is 17.1 Å². The van der Waals surface area contributed by atoms with Crippen LogP contribution < -0.4 is 0 Å². The van der Waals surface area contributed by atoms with E-state index >= 15 is 0 Å². The summed E-state index contributed by atoms with van der Waals surface area (Å²) in [6.07, 6.45) is 0. The molecule has 3 aromatic carbocycles. The Kier molecular flexibility index (Phi) is 5.67. The molecular formula is C23H13Br3O2. The highest BCUT2D eigenvalue weighted by atomic mass is 79.9. The zero-order valence-corrected chi connectivity index (χ0v) is 19.2. The normalized spacial score (nSPS) is 10.8. The van der Waals surface area contributed by atoms with E-state index < -0.39 is 0 Å². The molecule has 4 rings (SSSR count). The van der Waals surface area contributed by atoms with Crippen molar-refractivity contribution in [2.45, 2.75) is 0 Å². The van der Waals surface area contributed by atoms with Crippen molar-refractivity contribution in [1.29, 1.82) is 0 Å². The van der Waals surface area contributed by atoms with Crippen LogP contribution in [0.1, 0.15) is 16.1 Å². The monoisotopic (exact) mass is 558 g/mol. The van der Waals surface area contributed by atoms with Crippen LogP contribution in [0.25, 0.3) is 22.5 Å². The van der Waals surface area contributed by atoms with Gasteiger partial charge in [-0.05, 0) is 48.0 Å². The maximum absolute atomic E-state index is 13.2. The molecule has 0 aliphatic carbocycles. The minimum absolute atomic E-state index is 0.152. The number of benzene rings is 3. The summed E-state index contributed by atoms with van der Waals surface area (Å²) in [7, 11) is 0. The van der Waals surface area contributed by atoms with E-state index in [2.05, 4.69) is 47.8 Å². The van der Waals surface area contributed by atoms with E-state index in [1.165, 1.54) is 0 Å².